The highest BCUT2D eigenvalue weighted by Gasteiger charge is 2.23. The number of aliphatic hydroxyl groups is 1. The summed E-state index contributed by atoms with van der Waals surface area (Å²) in [6.45, 7) is 3.02. The molecule has 15 heavy (non-hydrogen) atoms. The van der Waals surface area contributed by atoms with Gasteiger partial charge < -0.3 is 15.7 Å². The lowest BCUT2D eigenvalue weighted by atomic mass is 9.99. The summed E-state index contributed by atoms with van der Waals surface area (Å²) in [6.07, 6.45) is 2.43. The summed E-state index contributed by atoms with van der Waals surface area (Å²) in [7, 11) is 0. The Hall–Kier alpha value is -1.22. The van der Waals surface area contributed by atoms with E-state index in [1.165, 1.54) is 5.56 Å². The molecule has 1 aliphatic heterocycles. The minimum absolute atomic E-state index is 0.332. The number of benzene rings is 1. The van der Waals surface area contributed by atoms with E-state index < -0.39 is 0 Å². The number of anilines is 2. The molecule has 0 fully saturated rings. The lowest BCUT2D eigenvalue weighted by Crippen LogP contribution is -2.39. The van der Waals surface area contributed by atoms with E-state index in [1.54, 1.807) is 0 Å². The number of nitrogens with two attached hydrogens (primary N) is 1. The zero-order chi connectivity index (χ0) is 10.8. The number of hydrogen-bond donors (Lipinski definition) is 2. The zero-order valence-electron chi connectivity index (χ0n) is 9.11. The van der Waals surface area contributed by atoms with Gasteiger partial charge in [-0.1, -0.05) is 6.92 Å². The Morgan fingerprint density at radius 1 is 1.53 bits per heavy atom. The molecule has 0 bridgehead atoms. The van der Waals surface area contributed by atoms with Crippen LogP contribution in [0.15, 0.2) is 18.2 Å². The molecule has 3 heteroatoms. The van der Waals surface area contributed by atoms with Gasteiger partial charge >= 0.3 is 0 Å². The Morgan fingerprint density at radius 2 is 2.33 bits per heavy atom. The van der Waals surface area contributed by atoms with Crippen LogP contribution < -0.4 is 10.6 Å². The lowest BCUT2D eigenvalue weighted by molar-refractivity contribution is 0.153. The molecule has 1 aromatic carbocycles. The topological polar surface area (TPSA) is 49.5 Å². The summed E-state index contributed by atoms with van der Waals surface area (Å²) in [4.78, 5) is 2.07. The predicted molar refractivity (Wildman–Crippen MR) is 62.8 cm³/mol. The first-order valence-corrected chi connectivity index (χ1v) is 5.55. The largest absolute Gasteiger partial charge is 0.399 e. The minimum Gasteiger partial charge on any atom is -0.399 e. The highest BCUT2D eigenvalue weighted by Crippen LogP contribution is 2.31. The fourth-order valence-electron chi connectivity index (χ4n) is 2.20. The SMILES string of the molecule is CCCN1c2ccc(N)cc2CCC1O. The quantitative estimate of drug-likeness (QED) is 0.725. The average Bonchev–Trinajstić information content (AvgIpc) is 2.22. The highest BCUT2D eigenvalue weighted by atomic mass is 16.3. The summed E-state index contributed by atoms with van der Waals surface area (Å²) < 4.78 is 0. The molecule has 0 saturated heterocycles. The van der Waals surface area contributed by atoms with Crippen molar-refractivity contribution < 1.29 is 5.11 Å². The van der Waals surface area contributed by atoms with Gasteiger partial charge in [-0.25, -0.2) is 0 Å². The van der Waals surface area contributed by atoms with Crippen LogP contribution in [0.4, 0.5) is 11.4 Å². The Labute approximate surface area is 90.5 Å². The summed E-state index contributed by atoms with van der Waals surface area (Å²) in [5.41, 5.74) is 8.96. The van der Waals surface area contributed by atoms with Gasteiger partial charge in [0.2, 0.25) is 0 Å². The van der Waals surface area contributed by atoms with Crippen LogP contribution in [-0.2, 0) is 6.42 Å². The van der Waals surface area contributed by atoms with E-state index in [0.29, 0.717) is 0 Å². The molecule has 0 amide bonds. The van der Waals surface area contributed by atoms with Crippen LogP contribution in [0.2, 0.25) is 0 Å². The molecule has 82 valence electrons. The summed E-state index contributed by atoms with van der Waals surface area (Å²) in [5.74, 6) is 0. The van der Waals surface area contributed by atoms with Gasteiger partial charge in [-0.3, -0.25) is 0 Å². The van der Waals surface area contributed by atoms with Crippen molar-refractivity contribution >= 4 is 11.4 Å². The second-order valence-corrected chi connectivity index (χ2v) is 4.10. The van der Waals surface area contributed by atoms with Crippen LogP contribution in [0.5, 0.6) is 0 Å². The van der Waals surface area contributed by atoms with Crippen molar-refractivity contribution in [1.29, 1.82) is 0 Å². The molecule has 1 aliphatic rings. The second-order valence-electron chi connectivity index (χ2n) is 4.10. The lowest BCUT2D eigenvalue weighted by Gasteiger charge is -2.35. The van der Waals surface area contributed by atoms with Gasteiger partial charge in [-0.15, -0.1) is 0 Å². The molecule has 1 aromatic rings. The van der Waals surface area contributed by atoms with E-state index in [2.05, 4.69) is 11.8 Å². The fraction of sp³-hybridized carbons (Fsp3) is 0.500. The number of hydrogen-bond acceptors (Lipinski definition) is 3. The van der Waals surface area contributed by atoms with Gasteiger partial charge in [0.1, 0.15) is 6.23 Å². The minimum atomic E-state index is -0.332. The van der Waals surface area contributed by atoms with Crippen LogP contribution in [0.25, 0.3) is 0 Å². The summed E-state index contributed by atoms with van der Waals surface area (Å²) in [6, 6.07) is 5.94. The van der Waals surface area contributed by atoms with Crippen LogP contribution in [-0.4, -0.2) is 17.9 Å². The van der Waals surface area contributed by atoms with E-state index in [0.717, 1.165) is 37.2 Å². The third-order valence-corrected chi connectivity index (χ3v) is 2.91. The molecule has 0 aromatic heterocycles. The van der Waals surface area contributed by atoms with Crippen molar-refractivity contribution in [2.24, 2.45) is 0 Å². The first kappa shape index (κ1) is 10.3. The Bertz CT molecular complexity index is 351. The van der Waals surface area contributed by atoms with Crippen LogP contribution in [0.3, 0.4) is 0 Å². The van der Waals surface area contributed by atoms with Gasteiger partial charge in [-0.2, -0.15) is 0 Å². The maximum absolute atomic E-state index is 9.91. The van der Waals surface area contributed by atoms with E-state index in [1.807, 2.05) is 18.2 Å². The van der Waals surface area contributed by atoms with Crippen molar-refractivity contribution in [2.45, 2.75) is 32.4 Å². The Balaban J connectivity index is 2.34. The first-order valence-electron chi connectivity index (χ1n) is 5.55. The summed E-state index contributed by atoms with van der Waals surface area (Å²) in [5, 5.41) is 9.91. The standard InChI is InChI=1S/C12H18N2O/c1-2-7-14-11-5-4-10(13)8-9(11)3-6-12(14)15/h4-5,8,12,15H,2-3,6-7,13H2,1H3. The van der Waals surface area contributed by atoms with Gasteiger partial charge in [0.25, 0.3) is 0 Å². The number of rotatable bonds is 2. The Morgan fingerprint density at radius 3 is 3.07 bits per heavy atom. The number of aliphatic hydroxyl groups excluding tert-OH is 1. The van der Waals surface area contributed by atoms with Crippen molar-refractivity contribution in [3.8, 4) is 0 Å². The third-order valence-electron chi connectivity index (χ3n) is 2.91. The van der Waals surface area contributed by atoms with Gasteiger partial charge in [-0.05, 0) is 43.0 Å². The number of nitrogens with zero attached hydrogens (tertiary/aromatic N) is 1. The molecule has 0 saturated carbocycles. The molecule has 1 unspecified atom stereocenters. The molecule has 1 atom stereocenters. The number of nitrogen functional groups attached to an aromatic ring is 1. The summed E-state index contributed by atoms with van der Waals surface area (Å²) >= 11 is 0. The molecular weight excluding hydrogens is 188 g/mol. The van der Waals surface area contributed by atoms with Crippen molar-refractivity contribution in [1.82, 2.24) is 0 Å². The van der Waals surface area contributed by atoms with Gasteiger partial charge in [0.05, 0.1) is 0 Å². The molecular formula is C12H18N2O. The molecule has 3 nitrogen and oxygen atoms in total. The first-order chi connectivity index (χ1) is 7.22. The van der Waals surface area contributed by atoms with E-state index in [4.69, 9.17) is 5.73 Å². The van der Waals surface area contributed by atoms with Crippen LogP contribution in [0, 0.1) is 0 Å². The normalized spacial score (nSPS) is 20.1. The van der Waals surface area contributed by atoms with Crippen molar-refractivity contribution in [3.63, 3.8) is 0 Å². The Kier molecular flexibility index (Phi) is 2.82. The van der Waals surface area contributed by atoms with Crippen LogP contribution >= 0.6 is 0 Å². The number of aryl methyl sites for hydroxylation is 1. The molecule has 0 spiro atoms. The van der Waals surface area contributed by atoms with E-state index in [-0.39, 0.29) is 6.23 Å². The zero-order valence-corrected chi connectivity index (χ0v) is 9.11. The maximum Gasteiger partial charge on any atom is 0.127 e. The smallest absolute Gasteiger partial charge is 0.127 e. The maximum atomic E-state index is 9.91. The molecule has 0 radical (unpaired) electrons. The molecule has 3 N–H and O–H groups in total. The van der Waals surface area contributed by atoms with Gasteiger partial charge in [0.15, 0.2) is 0 Å². The average molecular weight is 206 g/mol. The molecule has 1 heterocycles. The predicted octanol–water partition coefficient (Wildman–Crippen LogP) is 1.75. The van der Waals surface area contributed by atoms with Crippen LogP contribution in [0.1, 0.15) is 25.3 Å². The third kappa shape index (κ3) is 1.92. The highest BCUT2D eigenvalue weighted by molar-refractivity contribution is 5.61. The molecule has 0 aliphatic carbocycles. The van der Waals surface area contributed by atoms with E-state index >= 15 is 0 Å². The van der Waals surface area contributed by atoms with E-state index in [9.17, 15) is 5.11 Å². The monoisotopic (exact) mass is 206 g/mol. The molecule has 2 rings (SSSR count). The number of fused-ring (bicyclic) bond motifs is 1. The van der Waals surface area contributed by atoms with Gasteiger partial charge in [0, 0.05) is 17.9 Å². The second kappa shape index (κ2) is 4.11. The van der Waals surface area contributed by atoms with Crippen molar-refractivity contribution in [2.75, 3.05) is 17.2 Å². The van der Waals surface area contributed by atoms with Crippen molar-refractivity contribution in [3.05, 3.63) is 23.8 Å². The fourth-order valence-corrected chi connectivity index (χ4v) is 2.20.